The standard InChI is InChI=1S/C36H41FN2O9S/c1-4-46-36(41)34(25-8-6-5-7-9-25)47-21-20-45-19-18-44-17-16-39(49(3,42)43)30-23-31-29(22-28(30)24-10-11-24)32(35(40)38-2)33(48-31)26-12-14-27(37)15-13-26/h5-9,12-15,22-24,34H,4,10-11,16-21H2,1-3H3,(H,38,40). The van der Waals surface area contributed by atoms with Crippen LogP contribution in [0.2, 0.25) is 0 Å². The molecule has 1 unspecified atom stereocenters. The Morgan fingerprint density at radius 1 is 0.980 bits per heavy atom. The summed E-state index contributed by atoms with van der Waals surface area (Å²) in [5.41, 5.74) is 3.11. The summed E-state index contributed by atoms with van der Waals surface area (Å²) in [5, 5.41) is 3.20. The molecular formula is C36H41FN2O9S. The Labute approximate surface area is 285 Å². The van der Waals surface area contributed by atoms with Crippen LogP contribution in [0.4, 0.5) is 10.1 Å². The van der Waals surface area contributed by atoms with E-state index in [9.17, 15) is 22.4 Å². The number of esters is 1. The number of amides is 1. The van der Waals surface area contributed by atoms with Crippen LogP contribution < -0.4 is 9.62 Å². The summed E-state index contributed by atoms with van der Waals surface area (Å²) in [7, 11) is -2.22. The zero-order chi connectivity index (χ0) is 35.0. The molecule has 13 heteroatoms. The lowest BCUT2D eigenvalue weighted by atomic mass is 10.0. The molecule has 0 bridgehead atoms. The Bertz CT molecular complexity index is 1840. The number of carbonyl (C=O) groups is 2. The molecule has 1 N–H and O–H groups in total. The van der Waals surface area contributed by atoms with E-state index in [2.05, 4.69) is 5.32 Å². The van der Waals surface area contributed by atoms with Crippen LogP contribution in [0.15, 0.2) is 71.1 Å². The minimum Gasteiger partial charge on any atom is -0.464 e. The van der Waals surface area contributed by atoms with Crippen LogP contribution in [0, 0.1) is 5.82 Å². The lowest BCUT2D eigenvalue weighted by molar-refractivity contribution is -0.158. The van der Waals surface area contributed by atoms with Crippen molar-refractivity contribution < 1.29 is 45.8 Å². The predicted molar refractivity (Wildman–Crippen MR) is 183 cm³/mol. The van der Waals surface area contributed by atoms with E-state index in [1.165, 1.54) is 35.6 Å². The third kappa shape index (κ3) is 9.04. The van der Waals surface area contributed by atoms with Gasteiger partial charge in [0.15, 0.2) is 6.10 Å². The van der Waals surface area contributed by atoms with Crippen LogP contribution in [0.3, 0.4) is 0 Å². The van der Waals surface area contributed by atoms with Gasteiger partial charge >= 0.3 is 5.97 Å². The predicted octanol–water partition coefficient (Wildman–Crippen LogP) is 5.60. The second-order valence-corrected chi connectivity index (χ2v) is 13.5. The van der Waals surface area contributed by atoms with Crippen molar-refractivity contribution >= 4 is 38.6 Å². The van der Waals surface area contributed by atoms with E-state index in [4.69, 9.17) is 23.4 Å². The van der Waals surface area contributed by atoms with Crippen molar-refractivity contribution in [2.75, 3.05) is 63.8 Å². The molecule has 0 saturated heterocycles. The summed E-state index contributed by atoms with van der Waals surface area (Å²) < 4.78 is 69.6. The smallest absolute Gasteiger partial charge is 0.339 e. The van der Waals surface area contributed by atoms with Gasteiger partial charge in [0, 0.05) is 24.1 Å². The average molecular weight is 697 g/mol. The number of hydrogen-bond donors (Lipinski definition) is 1. The van der Waals surface area contributed by atoms with E-state index in [-0.39, 0.29) is 63.8 Å². The number of halogens is 1. The number of sulfonamides is 1. The van der Waals surface area contributed by atoms with E-state index in [0.717, 1.165) is 24.7 Å². The number of nitrogens with zero attached hydrogens (tertiary/aromatic N) is 1. The lowest BCUT2D eigenvalue weighted by Crippen LogP contribution is -2.34. The van der Waals surface area contributed by atoms with Gasteiger partial charge in [-0.2, -0.15) is 0 Å². The maximum atomic E-state index is 13.7. The van der Waals surface area contributed by atoms with Gasteiger partial charge in [0.2, 0.25) is 10.0 Å². The molecule has 0 aliphatic heterocycles. The third-order valence-electron chi connectivity index (χ3n) is 8.01. The molecule has 1 atom stereocenters. The summed E-state index contributed by atoms with van der Waals surface area (Å²) in [6.45, 7) is 2.93. The molecule has 3 aromatic carbocycles. The Morgan fingerprint density at radius 3 is 2.29 bits per heavy atom. The van der Waals surface area contributed by atoms with E-state index >= 15 is 0 Å². The number of anilines is 1. The monoisotopic (exact) mass is 696 g/mol. The zero-order valence-corrected chi connectivity index (χ0v) is 28.6. The summed E-state index contributed by atoms with van der Waals surface area (Å²) in [5.74, 6) is -0.862. The second kappa shape index (κ2) is 16.4. The van der Waals surface area contributed by atoms with Crippen LogP contribution >= 0.6 is 0 Å². The fourth-order valence-corrected chi connectivity index (χ4v) is 6.47. The Morgan fingerprint density at radius 2 is 1.65 bits per heavy atom. The number of fused-ring (bicyclic) bond motifs is 1. The first-order valence-corrected chi connectivity index (χ1v) is 18.0. The number of ether oxygens (including phenoxy) is 4. The van der Waals surface area contributed by atoms with Gasteiger partial charge in [-0.1, -0.05) is 30.3 Å². The van der Waals surface area contributed by atoms with E-state index in [1.54, 1.807) is 25.1 Å². The van der Waals surface area contributed by atoms with E-state index in [0.29, 0.717) is 33.3 Å². The van der Waals surface area contributed by atoms with Crippen molar-refractivity contribution in [3.8, 4) is 11.3 Å². The topological polar surface area (TPSA) is 134 Å². The molecule has 1 saturated carbocycles. The summed E-state index contributed by atoms with van der Waals surface area (Å²) in [4.78, 5) is 25.4. The molecule has 1 aromatic heterocycles. The number of furan rings is 1. The molecule has 1 amide bonds. The molecule has 1 aliphatic carbocycles. The number of carbonyl (C=O) groups excluding carboxylic acids is 2. The minimum atomic E-state index is -3.74. The molecule has 1 fully saturated rings. The largest absolute Gasteiger partial charge is 0.464 e. The van der Waals surface area contributed by atoms with Gasteiger partial charge in [-0.25, -0.2) is 17.6 Å². The first kappa shape index (κ1) is 36.0. The Hall–Kier alpha value is -4.30. The highest BCUT2D eigenvalue weighted by Crippen LogP contribution is 2.48. The van der Waals surface area contributed by atoms with Gasteiger partial charge in [-0.05, 0) is 67.1 Å². The van der Waals surface area contributed by atoms with Crippen LogP contribution in [0.1, 0.15) is 53.3 Å². The van der Waals surface area contributed by atoms with Crippen molar-refractivity contribution in [2.24, 2.45) is 0 Å². The molecular weight excluding hydrogens is 655 g/mol. The third-order valence-corrected chi connectivity index (χ3v) is 9.19. The second-order valence-electron chi connectivity index (χ2n) is 11.5. The quantitative estimate of drug-likeness (QED) is 0.104. The highest BCUT2D eigenvalue weighted by molar-refractivity contribution is 7.92. The van der Waals surface area contributed by atoms with Gasteiger partial charge < -0.3 is 28.7 Å². The fraction of sp³-hybridized carbons (Fsp3) is 0.389. The van der Waals surface area contributed by atoms with Crippen molar-refractivity contribution in [3.63, 3.8) is 0 Å². The number of rotatable bonds is 18. The highest BCUT2D eigenvalue weighted by Gasteiger charge is 2.33. The lowest BCUT2D eigenvalue weighted by Gasteiger charge is -2.25. The van der Waals surface area contributed by atoms with Gasteiger partial charge in [-0.3, -0.25) is 9.10 Å². The van der Waals surface area contributed by atoms with Crippen molar-refractivity contribution in [3.05, 3.63) is 89.2 Å². The molecule has 4 aromatic rings. The van der Waals surface area contributed by atoms with Crippen LogP contribution in [0.25, 0.3) is 22.3 Å². The molecule has 5 rings (SSSR count). The molecule has 262 valence electrons. The highest BCUT2D eigenvalue weighted by atomic mass is 32.2. The number of hydrogen-bond acceptors (Lipinski definition) is 9. The van der Waals surface area contributed by atoms with Crippen LogP contribution in [0.5, 0.6) is 0 Å². The average Bonchev–Trinajstić information content (AvgIpc) is 3.87. The minimum absolute atomic E-state index is 0.0410. The van der Waals surface area contributed by atoms with Gasteiger partial charge in [0.05, 0.1) is 63.7 Å². The first-order chi connectivity index (χ1) is 23.6. The SMILES string of the molecule is CCOC(=O)C(OCCOCCOCCN(c1cc2oc(-c3ccc(F)cc3)c(C(=O)NC)c2cc1C1CC1)S(C)(=O)=O)c1ccccc1. The molecule has 1 aliphatic rings. The van der Waals surface area contributed by atoms with Gasteiger partial charge in [0.25, 0.3) is 5.91 Å². The zero-order valence-electron chi connectivity index (χ0n) is 27.8. The van der Waals surface area contributed by atoms with E-state index in [1.807, 2.05) is 24.3 Å². The Kier molecular flexibility index (Phi) is 12.0. The molecule has 0 spiro atoms. The summed E-state index contributed by atoms with van der Waals surface area (Å²) >= 11 is 0. The van der Waals surface area contributed by atoms with Crippen molar-refractivity contribution in [2.45, 2.75) is 31.8 Å². The maximum Gasteiger partial charge on any atom is 0.339 e. The number of benzene rings is 3. The first-order valence-electron chi connectivity index (χ1n) is 16.2. The van der Waals surface area contributed by atoms with Crippen LogP contribution in [-0.2, 0) is 33.8 Å². The van der Waals surface area contributed by atoms with Gasteiger partial charge in [-0.15, -0.1) is 0 Å². The molecule has 1 heterocycles. The molecule has 49 heavy (non-hydrogen) atoms. The fourth-order valence-electron chi connectivity index (χ4n) is 5.55. The van der Waals surface area contributed by atoms with Crippen LogP contribution in [-0.4, -0.2) is 79.8 Å². The normalized spacial score (nSPS) is 13.7. The summed E-state index contributed by atoms with van der Waals surface area (Å²) in [6.07, 6.45) is 2.06. The van der Waals surface area contributed by atoms with E-state index < -0.39 is 27.9 Å². The maximum absolute atomic E-state index is 13.7. The van der Waals surface area contributed by atoms with Gasteiger partial charge in [0.1, 0.15) is 17.2 Å². The molecule has 11 nitrogen and oxygen atoms in total. The number of nitrogens with one attached hydrogen (secondary N) is 1. The van der Waals surface area contributed by atoms with Crippen molar-refractivity contribution in [1.82, 2.24) is 5.32 Å². The Balaban J connectivity index is 1.22. The molecule has 0 radical (unpaired) electrons. The van der Waals surface area contributed by atoms with Crippen molar-refractivity contribution in [1.29, 1.82) is 0 Å². The summed E-state index contributed by atoms with van der Waals surface area (Å²) in [6, 6.07) is 18.2.